The smallest absolute Gasteiger partial charge is 0.203 e. The molecule has 0 spiro atoms. The van der Waals surface area contributed by atoms with Gasteiger partial charge in [0.1, 0.15) is 6.10 Å². The number of allylic oxidation sites excluding steroid dienone is 1. The van der Waals surface area contributed by atoms with Gasteiger partial charge in [-0.2, -0.15) is 0 Å². The van der Waals surface area contributed by atoms with E-state index < -0.39 is 0 Å². The number of hydrogen-bond acceptors (Lipinski definition) is 5. The lowest BCUT2D eigenvalue weighted by Crippen LogP contribution is -2.12. The molecule has 0 aliphatic carbocycles. The van der Waals surface area contributed by atoms with Crippen LogP contribution in [0.5, 0.6) is 17.2 Å². The molecule has 0 amide bonds. The number of carbonyl (C=O) groups is 1. The number of rotatable bonds is 4. The minimum Gasteiger partial charge on any atom is -0.493 e. The standard InChI is InChI=1S/C14H16O5/c1-16-11-5-4-10(13(17-2)14(11)18-3)12-8-9(15)6-7-19-12/h4-7,12H,8H2,1-3H3. The van der Waals surface area contributed by atoms with Gasteiger partial charge in [-0.3, -0.25) is 4.79 Å². The van der Waals surface area contributed by atoms with Gasteiger partial charge in [-0.1, -0.05) is 0 Å². The van der Waals surface area contributed by atoms with E-state index >= 15 is 0 Å². The summed E-state index contributed by atoms with van der Waals surface area (Å²) in [4.78, 5) is 11.5. The van der Waals surface area contributed by atoms with Crippen LogP contribution < -0.4 is 14.2 Å². The molecule has 1 atom stereocenters. The predicted molar refractivity (Wildman–Crippen MR) is 68.7 cm³/mol. The summed E-state index contributed by atoms with van der Waals surface area (Å²) in [7, 11) is 4.64. The molecule has 0 saturated carbocycles. The summed E-state index contributed by atoms with van der Waals surface area (Å²) >= 11 is 0. The molecule has 2 rings (SSSR count). The topological polar surface area (TPSA) is 54.0 Å². The number of carbonyl (C=O) groups excluding carboxylic acids is 1. The Morgan fingerprint density at radius 1 is 1.11 bits per heavy atom. The zero-order chi connectivity index (χ0) is 13.8. The molecule has 1 aromatic carbocycles. The summed E-state index contributed by atoms with van der Waals surface area (Å²) in [5.74, 6) is 1.61. The lowest BCUT2D eigenvalue weighted by atomic mass is 10.0. The normalized spacial score (nSPS) is 17.8. The Labute approximate surface area is 111 Å². The number of methoxy groups -OCH3 is 3. The zero-order valence-electron chi connectivity index (χ0n) is 11.1. The highest BCUT2D eigenvalue weighted by molar-refractivity contribution is 5.90. The lowest BCUT2D eigenvalue weighted by molar-refractivity contribution is -0.118. The Morgan fingerprint density at radius 3 is 2.42 bits per heavy atom. The summed E-state index contributed by atoms with van der Waals surface area (Å²) in [6.07, 6.45) is 2.74. The highest BCUT2D eigenvalue weighted by Gasteiger charge is 2.26. The van der Waals surface area contributed by atoms with E-state index in [4.69, 9.17) is 18.9 Å². The summed E-state index contributed by atoms with van der Waals surface area (Å²) in [5.41, 5.74) is 0.762. The highest BCUT2D eigenvalue weighted by Crippen LogP contribution is 2.44. The van der Waals surface area contributed by atoms with Crippen LogP contribution in [0.25, 0.3) is 0 Å². The fourth-order valence-corrected chi connectivity index (χ4v) is 2.07. The van der Waals surface area contributed by atoms with Crippen LogP contribution in [-0.2, 0) is 9.53 Å². The van der Waals surface area contributed by atoms with Gasteiger partial charge in [-0.25, -0.2) is 0 Å². The van der Waals surface area contributed by atoms with E-state index in [9.17, 15) is 4.79 Å². The van der Waals surface area contributed by atoms with Gasteiger partial charge in [0, 0.05) is 11.6 Å². The van der Waals surface area contributed by atoms with E-state index in [0.29, 0.717) is 17.2 Å². The van der Waals surface area contributed by atoms with Crippen LogP contribution in [0.2, 0.25) is 0 Å². The maximum atomic E-state index is 11.5. The summed E-state index contributed by atoms with van der Waals surface area (Å²) in [6.45, 7) is 0. The molecule has 5 heteroatoms. The van der Waals surface area contributed by atoms with Gasteiger partial charge < -0.3 is 18.9 Å². The molecular formula is C14H16O5. The molecule has 1 aliphatic heterocycles. The second-order valence-corrected chi connectivity index (χ2v) is 4.02. The van der Waals surface area contributed by atoms with Crippen molar-refractivity contribution >= 4 is 5.78 Å². The average molecular weight is 264 g/mol. The Balaban J connectivity index is 2.45. The van der Waals surface area contributed by atoms with Crippen molar-refractivity contribution in [2.24, 2.45) is 0 Å². The molecule has 0 saturated heterocycles. The Hall–Kier alpha value is -2.17. The summed E-state index contributed by atoms with van der Waals surface area (Å²) in [5, 5.41) is 0. The van der Waals surface area contributed by atoms with Crippen LogP contribution >= 0.6 is 0 Å². The Morgan fingerprint density at radius 2 is 1.84 bits per heavy atom. The summed E-state index contributed by atoms with van der Waals surface area (Å²) < 4.78 is 21.4. The fourth-order valence-electron chi connectivity index (χ4n) is 2.07. The van der Waals surface area contributed by atoms with Crippen molar-refractivity contribution in [1.82, 2.24) is 0 Å². The molecule has 1 aliphatic rings. The van der Waals surface area contributed by atoms with Gasteiger partial charge >= 0.3 is 0 Å². The predicted octanol–water partition coefficient (Wildman–Crippen LogP) is 2.26. The van der Waals surface area contributed by atoms with E-state index in [1.807, 2.05) is 6.07 Å². The number of ketones is 1. The zero-order valence-corrected chi connectivity index (χ0v) is 11.1. The number of ether oxygens (including phenoxy) is 4. The van der Waals surface area contributed by atoms with Crippen molar-refractivity contribution in [1.29, 1.82) is 0 Å². The minimum absolute atomic E-state index is 0.0214. The van der Waals surface area contributed by atoms with Crippen molar-refractivity contribution in [2.75, 3.05) is 21.3 Å². The molecule has 5 nitrogen and oxygen atoms in total. The molecule has 0 radical (unpaired) electrons. The summed E-state index contributed by atoms with van der Waals surface area (Å²) in [6, 6.07) is 3.58. The van der Waals surface area contributed by atoms with Crippen molar-refractivity contribution in [2.45, 2.75) is 12.5 Å². The fraction of sp³-hybridized carbons (Fsp3) is 0.357. The van der Waals surface area contributed by atoms with E-state index in [1.54, 1.807) is 20.3 Å². The van der Waals surface area contributed by atoms with Crippen molar-refractivity contribution in [3.05, 3.63) is 30.0 Å². The third-order valence-corrected chi connectivity index (χ3v) is 2.96. The van der Waals surface area contributed by atoms with Gasteiger partial charge in [-0.15, -0.1) is 0 Å². The maximum absolute atomic E-state index is 11.5. The van der Waals surface area contributed by atoms with E-state index in [-0.39, 0.29) is 18.3 Å². The number of benzene rings is 1. The first-order valence-electron chi connectivity index (χ1n) is 5.85. The van der Waals surface area contributed by atoms with Crippen LogP contribution in [0.3, 0.4) is 0 Å². The van der Waals surface area contributed by atoms with Gasteiger partial charge in [0.2, 0.25) is 5.75 Å². The molecule has 19 heavy (non-hydrogen) atoms. The second kappa shape index (κ2) is 5.65. The quantitative estimate of drug-likeness (QED) is 0.835. The van der Waals surface area contributed by atoms with E-state index in [1.165, 1.54) is 19.4 Å². The molecule has 1 unspecified atom stereocenters. The van der Waals surface area contributed by atoms with Crippen LogP contribution in [0.15, 0.2) is 24.5 Å². The first-order valence-corrected chi connectivity index (χ1v) is 5.85. The Kier molecular flexibility index (Phi) is 3.94. The SMILES string of the molecule is COc1ccc(C2CC(=O)C=CO2)c(OC)c1OC. The Bertz CT molecular complexity index is 507. The third-order valence-electron chi connectivity index (χ3n) is 2.96. The third kappa shape index (κ3) is 2.50. The van der Waals surface area contributed by atoms with Crippen molar-refractivity contribution in [3.8, 4) is 17.2 Å². The number of hydrogen-bond donors (Lipinski definition) is 0. The van der Waals surface area contributed by atoms with Crippen LogP contribution in [0.1, 0.15) is 18.1 Å². The van der Waals surface area contributed by atoms with E-state index in [0.717, 1.165) is 5.56 Å². The van der Waals surface area contributed by atoms with Crippen LogP contribution in [0.4, 0.5) is 0 Å². The van der Waals surface area contributed by atoms with Gasteiger partial charge in [0.25, 0.3) is 0 Å². The molecule has 0 aromatic heterocycles. The van der Waals surface area contributed by atoms with Crippen LogP contribution in [-0.4, -0.2) is 27.1 Å². The first-order chi connectivity index (χ1) is 9.21. The molecule has 0 bridgehead atoms. The molecule has 1 aromatic rings. The minimum atomic E-state index is -0.368. The molecule has 1 heterocycles. The van der Waals surface area contributed by atoms with Crippen molar-refractivity contribution < 1.29 is 23.7 Å². The van der Waals surface area contributed by atoms with Gasteiger partial charge in [0.15, 0.2) is 17.3 Å². The van der Waals surface area contributed by atoms with Gasteiger partial charge in [-0.05, 0) is 12.1 Å². The van der Waals surface area contributed by atoms with Gasteiger partial charge in [0.05, 0.1) is 34.0 Å². The average Bonchev–Trinajstić information content (AvgIpc) is 2.45. The lowest BCUT2D eigenvalue weighted by Gasteiger charge is -2.23. The van der Waals surface area contributed by atoms with Crippen molar-refractivity contribution in [3.63, 3.8) is 0 Å². The molecule has 0 N–H and O–H groups in total. The highest BCUT2D eigenvalue weighted by atomic mass is 16.5. The molecular weight excluding hydrogens is 248 g/mol. The molecule has 0 fully saturated rings. The first kappa shape index (κ1) is 13.3. The monoisotopic (exact) mass is 264 g/mol. The second-order valence-electron chi connectivity index (χ2n) is 4.02. The largest absolute Gasteiger partial charge is 0.493 e. The van der Waals surface area contributed by atoms with E-state index in [2.05, 4.69) is 0 Å². The maximum Gasteiger partial charge on any atom is 0.203 e. The van der Waals surface area contributed by atoms with Crippen LogP contribution in [0, 0.1) is 0 Å². The molecule has 102 valence electrons.